The van der Waals surface area contributed by atoms with Gasteiger partial charge in [-0.2, -0.15) is 0 Å². The number of amides is 1. The number of nitrogens with two attached hydrogens (primary N) is 1. The van der Waals surface area contributed by atoms with E-state index in [-0.39, 0.29) is 12.5 Å². The summed E-state index contributed by atoms with van der Waals surface area (Å²) in [6.45, 7) is 5.77. The van der Waals surface area contributed by atoms with Crippen LogP contribution in [-0.4, -0.2) is 47.9 Å². The van der Waals surface area contributed by atoms with Gasteiger partial charge in [-0.15, -0.1) is 0 Å². The molecule has 0 saturated carbocycles. The fourth-order valence-corrected chi connectivity index (χ4v) is 2.92. The van der Waals surface area contributed by atoms with E-state index in [1.807, 2.05) is 17.9 Å². The molecule has 4 nitrogen and oxygen atoms in total. The van der Waals surface area contributed by atoms with Gasteiger partial charge in [-0.05, 0) is 31.9 Å². The Labute approximate surface area is 121 Å². The summed E-state index contributed by atoms with van der Waals surface area (Å²) in [5.41, 5.74) is 6.82. The van der Waals surface area contributed by atoms with Crippen molar-refractivity contribution in [2.24, 2.45) is 5.73 Å². The van der Waals surface area contributed by atoms with Crippen LogP contribution in [0.3, 0.4) is 0 Å². The highest BCUT2D eigenvalue weighted by Crippen LogP contribution is 2.21. The van der Waals surface area contributed by atoms with Crippen LogP contribution in [0.4, 0.5) is 0 Å². The van der Waals surface area contributed by atoms with Crippen molar-refractivity contribution >= 4 is 5.91 Å². The van der Waals surface area contributed by atoms with Gasteiger partial charge in [0.25, 0.3) is 0 Å². The lowest BCUT2D eigenvalue weighted by Gasteiger charge is -2.30. The van der Waals surface area contributed by atoms with Crippen molar-refractivity contribution in [1.82, 2.24) is 9.80 Å². The smallest absolute Gasteiger partial charge is 0.236 e. The minimum Gasteiger partial charge on any atom is -0.340 e. The Bertz CT molecular complexity index is 421. The van der Waals surface area contributed by atoms with Gasteiger partial charge in [0.2, 0.25) is 5.91 Å². The van der Waals surface area contributed by atoms with E-state index < -0.39 is 0 Å². The Balaban J connectivity index is 1.95. The molecule has 0 bridgehead atoms. The summed E-state index contributed by atoms with van der Waals surface area (Å²) in [5, 5.41) is 0. The Morgan fingerprint density at radius 3 is 2.80 bits per heavy atom. The summed E-state index contributed by atoms with van der Waals surface area (Å²) in [5.74, 6) is 0.0547. The van der Waals surface area contributed by atoms with E-state index in [1.54, 1.807) is 0 Å². The molecule has 1 fully saturated rings. The van der Waals surface area contributed by atoms with Crippen LogP contribution < -0.4 is 5.73 Å². The number of hydrogen-bond donors (Lipinski definition) is 1. The molecule has 0 unspecified atom stereocenters. The van der Waals surface area contributed by atoms with E-state index >= 15 is 0 Å². The van der Waals surface area contributed by atoms with E-state index in [2.05, 4.69) is 29.2 Å². The minimum atomic E-state index is 0.0547. The maximum absolute atomic E-state index is 11.8. The van der Waals surface area contributed by atoms with Crippen molar-refractivity contribution in [3.05, 3.63) is 35.9 Å². The van der Waals surface area contributed by atoms with Gasteiger partial charge in [0, 0.05) is 25.7 Å². The maximum atomic E-state index is 11.8. The number of rotatable bonds is 6. The second-order valence-electron chi connectivity index (χ2n) is 5.39. The third-order valence-corrected chi connectivity index (χ3v) is 4.07. The van der Waals surface area contributed by atoms with Crippen LogP contribution in [0.25, 0.3) is 0 Å². The van der Waals surface area contributed by atoms with E-state index in [0.717, 1.165) is 26.2 Å². The van der Waals surface area contributed by atoms with E-state index in [0.29, 0.717) is 6.04 Å². The molecular weight excluding hydrogens is 250 g/mol. The van der Waals surface area contributed by atoms with Crippen LogP contribution in [0.1, 0.15) is 25.3 Å². The first-order chi connectivity index (χ1) is 9.74. The Kier molecular flexibility index (Phi) is 5.56. The van der Waals surface area contributed by atoms with Gasteiger partial charge in [0.05, 0.1) is 6.54 Å². The van der Waals surface area contributed by atoms with Gasteiger partial charge in [-0.3, -0.25) is 9.69 Å². The monoisotopic (exact) mass is 275 g/mol. The second-order valence-corrected chi connectivity index (χ2v) is 5.39. The number of carbonyl (C=O) groups is 1. The first-order valence-electron chi connectivity index (χ1n) is 7.50. The fourth-order valence-electron chi connectivity index (χ4n) is 2.92. The molecule has 1 heterocycles. The van der Waals surface area contributed by atoms with Crippen molar-refractivity contribution in [3.8, 4) is 0 Å². The molecular formula is C16H25N3O. The Hall–Kier alpha value is -1.39. The predicted octanol–water partition coefficient (Wildman–Crippen LogP) is 1.46. The lowest BCUT2D eigenvalue weighted by Crippen LogP contribution is -2.44. The SMILES string of the molecule is CCN(C[C@H]1CCCN1Cc1ccccc1)C(=O)CN. The summed E-state index contributed by atoms with van der Waals surface area (Å²) in [6, 6.07) is 11.0. The molecule has 1 aliphatic rings. The maximum Gasteiger partial charge on any atom is 0.236 e. The van der Waals surface area contributed by atoms with Crippen LogP contribution in [0, 0.1) is 0 Å². The van der Waals surface area contributed by atoms with Crippen LogP contribution in [0.2, 0.25) is 0 Å². The minimum absolute atomic E-state index is 0.0547. The molecule has 1 amide bonds. The largest absolute Gasteiger partial charge is 0.340 e. The first-order valence-corrected chi connectivity index (χ1v) is 7.50. The lowest BCUT2D eigenvalue weighted by atomic mass is 10.1. The highest BCUT2D eigenvalue weighted by molar-refractivity contribution is 5.78. The molecule has 1 aliphatic heterocycles. The molecule has 0 radical (unpaired) electrons. The van der Waals surface area contributed by atoms with E-state index in [9.17, 15) is 4.79 Å². The summed E-state index contributed by atoms with van der Waals surface area (Å²) in [6.07, 6.45) is 2.38. The molecule has 2 rings (SSSR count). The zero-order valence-corrected chi connectivity index (χ0v) is 12.3. The molecule has 1 saturated heterocycles. The number of carbonyl (C=O) groups excluding carboxylic acids is 1. The molecule has 0 aromatic heterocycles. The quantitative estimate of drug-likeness (QED) is 0.855. The molecule has 1 aromatic carbocycles. The normalized spacial score (nSPS) is 19.2. The van der Waals surface area contributed by atoms with Crippen molar-refractivity contribution in [3.63, 3.8) is 0 Å². The van der Waals surface area contributed by atoms with Crippen LogP contribution in [-0.2, 0) is 11.3 Å². The average molecular weight is 275 g/mol. The van der Waals surface area contributed by atoms with Crippen LogP contribution >= 0.6 is 0 Å². The van der Waals surface area contributed by atoms with Crippen molar-refractivity contribution < 1.29 is 4.79 Å². The number of benzene rings is 1. The summed E-state index contributed by atoms with van der Waals surface area (Å²) >= 11 is 0. The zero-order valence-electron chi connectivity index (χ0n) is 12.3. The van der Waals surface area contributed by atoms with Gasteiger partial charge in [-0.25, -0.2) is 0 Å². The predicted molar refractivity (Wildman–Crippen MR) is 81.2 cm³/mol. The van der Waals surface area contributed by atoms with Gasteiger partial charge >= 0.3 is 0 Å². The summed E-state index contributed by atoms with van der Waals surface area (Å²) in [7, 11) is 0. The third kappa shape index (κ3) is 3.81. The fraction of sp³-hybridized carbons (Fsp3) is 0.562. The summed E-state index contributed by atoms with van der Waals surface area (Å²) in [4.78, 5) is 16.1. The highest BCUT2D eigenvalue weighted by Gasteiger charge is 2.27. The van der Waals surface area contributed by atoms with E-state index in [4.69, 9.17) is 5.73 Å². The average Bonchev–Trinajstić information content (AvgIpc) is 2.92. The molecule has 4 heteroatoms. The van der Waals surface area contributed by atoms with Gasteiger partial charge < -0.3 is 10.6 Å². The number of nitrogens with zero attached hydrogens (tertiary/aromatic N) is 2. The molecule has 1 aromatic rings. The van der Waals surface area contributed by atoms with E-state index in [1.165, 1.54) is 18.4 Å². The topological polar surface area (TPSA) is 49.6 Å². The first kappa shape index (κ1) is 15.0. The van der Waals surface area contributed by atoms with Gasteiger partial charge in [0.15, 0.2) is 0 Å². The van der Waals surface area contributed by atoms with Gasteiger partial charge in [-0.1, -0.05) is 30.3 Å². The number of hydrogen-bond acceptors (Lipinski definition) is 3. The van der Waals surface area contributed by atoms with Crippen LogP contribution in [0.15, 0.2) is 30.3 Å². The van der Waals surface area contributed by atoms with Crippen LogP contribution in [0.5, 0.6) is 0 Å². The standard InChI is InChI=1S/C16H25N3O/c1-2-18(16(20)11-17)13-15-9-6-10-19(15)12-14-7-4-3-5-8-14/h3-5,7-8,15H,2,6,9-13,17H2,1H3/t15-/m1/s1. The molecule has 0 aliphatic carbocycles. The third-order valence-electron chi connectivity index (χ3n) is 4.07. The van der Waals surface area contributed by atoms with Crippen molar-refractivity contribution in [2.45, 2.75) is 32.4 Å². The zero-order chi connectivity index (χ0) is 14.4. The summed E-state index contributed by atoms with van der Waals surface area (Å²) < 4.78 is 0. The Morgan fingerprint density at radius 2 is 2.15 bits per heavy atom. The molecule has 110 valence electrons. The molecule has 2 N–H and O–H groups in total. The molecule has 1 atom stereocenters. The van der Waals surface area contributed by atoms with Crippen molar-refractivity contribution in [2.75, 3.05) is 26.2 Å². The van der Waals surface area contributed by atoms with Crippen molar-refractivity contribution in [1.29, 1.82) is 0 Å². The molecule has 20 heavy (non-hydrogen) atoms. The lowest BCUT2D eigenvalue weighted by molar-refractivity contribution is -0.130. The highest BCUT2D eigenvalue weighted by atomic mass is 16.2. The second kappa shape index (κ2) is 7.41. The van der Waals surface area contributed by atoms with Gasteiger partial charge in [0.1, 0.15) is 0 Å². The Morgan fingerprint density at radius 1 is 1.40 bits per heavy atom. The molecule has 0 spiro atoms. The number of likely N-dealkylation sites (N-methyl/N-ethyl adjacent to an activating group) is 1. The number of likely N-dealkylation sites (tertiary alicyclic amines) is 1.